The van der Waals surface area contributed by atoms with Crippen LogP contribution in [0.3, 0.4) is 0 Å². The van der Waals surface area contributed by atoms with Crippen LogP contribution in [0.2, 0.25) is 0 Å². The number of hydrogen-bond acceptors (Lipinski definition) is 2. The average molecular weight is 365 g/mol. The molecule has 0 heterocycles. The lowest BCUT2D eigenvalue weighted by molar-refractivity contribution is 0.103. The fourth-order valence-electron chi connectivity index (χ4n) is 2.78. The average Bonchev–Trinajstić information content (AvgIpc) is 2.69. The van der Waals surface area contributed by atoms with Crippen molar-refractivity contribution in [1.29, 1.82) is 0 Å². The fraction of sp³-hybridized carbons (Fsp3) is 0.174. The van der Waals surface area contributed by atoms with E-state index in [2.05, 4.69) is 0 Å². The van der Waals surface area contributed by atoms with E-state index >= 15 is 0 Å². The summed E-state index contributed by atoms with van der Waals surface area (Å²) >= 11 is 5.93. The first-order valence-corrected chi connectivity index (χ1v) is 9.20. The molecule has 0 spiro atoms. The van der Waals surface area contributed by atoms with E-state index in [1.165, 1.54) is 0 Å². The molecule has 0 aliphatic heterocycles. The molecule has 0 aliphatic carbocycles. The lowest BCUT2D eigenvalue weighted by Gasteiger charge is -2.19. The summed E-state index contributed by atoms with van der Waals surface area (Å²) in [6.45, 7) is 2.00. The van der Waals surface area contributed by atoms with E-state index in [0.717, 1.165) is 23.3 Å². The molecule has 0 saturated carbocycles. The predicted molar refractivity (Wildman–Crippen MR) is 106 cm³/mol. The van der Waals surface area contributed by atoms with Gasteiger partial charge in [-0.05, 0) is 36.8 Å². The highest BCUT2D eigenvalue weighted by Gasteiger charge is 2.14. The third-order valence-corrected chi connectivity index (χ3v) is 4.47. The van der Waals surface area contributed by atoms with Crippen LogP contribution in [0.15, 0.2) is 78.9 Å². The molecular weight excluding hydrogens is 344 g/mol. The van der Waals surface area contributed by atoms with Crippen molar-refractivity contribution in [2.45, 2.75) is 19.4 Å². The minimum absolute atomic E-state index is 0.0110. The summed E-state index contributed by atoms with van der Waals surface area (Å²) in [7, 11) is 0. The van der Waals surface area contributed by atoms with Crippen molar-refractivity contribution >= 4 is 17.4 Å². The SMILES string of the molecule is Cc1ccc(C(=O)c2ccc(OC(CCCl)c3ccccc3)cc2)cc1. The fourth-order valence-corrected chi connectivity index (χ4v) is 2.98. The number of ether oxygens (including phenoxy) is 1. The molecule has 3 aromatic rings. The monoisotopic (exact) mass is 364 g/mol. The number of ketones is 1. The maximum absolute atomic E-state index is 12.6. The number of aryl methyl sites for hydroxylation is 1. The number of rotatable bonds is 7. The van der Waals surface area contributed by atoms with E-state index in [9.17, 15) is 4.79 Å². The largest absolute Gasteiger partial charge is 0.486 e. The molecule has 1 atom stereocenters. The zero-order valence-electron chi connectivity index (χ0n) is 14.7. The summed E-state index contributed by atoms with van der Waals surface area (Å²) in [4.78, 5) is 12.6. The highest BCUT2D eigenvalue weighted by Crippen LogP contribution is 2.26. The van der Waals surface area contributed by atoms with Gasteiger partial charge in [-0.2, -0.15) is 0 Å². The molecule has 3 heteroatoms. The molecule has 3 aromatic carbocycles. The minimum atomic E-state index is -0.104. The second-order valence-electron chi connectivity index (χ2n) is 6.21. The molecule has 0 saturated heterocycles. The second-order valence-corrected chi connectivity index (χ2v) is 6.59. The van der Waals surface area contributed by atoms with Crippen molar-refractivity contribution in [2.24, 2.45) is 0 Å². The number of halogens is 1. The van der Waals surface area contributed by atoms with Gasteiger partial charge < -0.3 is 4.74 Å². The van der Waals surface area contributed by atoms with E-state index in [1.54, 1.807) is 12.1 Å². The summed E-state index contributed by atoms with van der Waals surface area (Å²) in [6, 6.07) is 24.9. The first-order valence-electron chi connectivity index (χ1n) is 8.66. The summed E-state index contributed by atoms with van der Waals surface area (Å²) in [6.07, 6.45) is 0.614. The van der Waals surface area contributed by atoms with E-state index in [1.807, 2.05) is 73.7 Å². The van der Waals surface area contributed by atoms with Crippen molar-refractivity contribution < 1.29 is 9.53 Å². The van der Waals surface area contributed by atoms with E-state index in [-0.39, 0.29) is 11.9 Å². The molecule has 3 rings (SSSR count). The van der Waals surface area contributed by atoms with Gasteiger partial charge in [-0.25, -0.2) is 0 Å². The first kappa shape index (κ1) is 18.2. The zero-order valence-corrected chi connectivity index (χ0v) is 15.4. The van der Waals surface area contributed by atoms with Gasteiger partial charge in [-0.1, -0.05) is 60.2 Å². The molecular formula is C23H21ClO2. The second kappa shape index (κ2) is 8.68. The number of alkyl halides is 1. The predicted octanol–water partition coefficient (Wildman–Crippen LogP) is 5.98. The number of benzene rings is 3. The Kier molecular flexibility index (Phi) is 6.08. The topological polar surface area (TPSA) is 26.3 Å². The van der Waals surface area contributed by atoms with Crippen LogP contribution < -0.4 is 4.74 Å². The van der Waals surface area contributed by atoms with Gasteiger partial charge in [0.2, 0.25) is 0 Å². The van der Waals surface area contributed by atoms with Gasteiger partial charge in [-0.3, -0.25) is 4.79 Å². The smallest absolute Gasteiger partial charge is 0.193 e. The van der Waals surface area contributed by atoms with Gasteiger partial charge in [0.05, 0.1) is 0 Å². The highest BCUT2D eigenvalue weighted by atomic mass is 35.5. The van der Waals surface area contributed by atoms with Crippen LogP contribution in [0.25, 0.3) is 0 Å². The van der Waals surface area contributed by atoms with Crippen molar-refractivity contribution in [3.05, 3.63) is 101 Å². The standard InChI is InChI=1S/C23H21ClO2/c1-17-7-9-19(10-8-17)23(25)20-11-13-21(14-12-20)26-22(15-16-24)18-5-3-2-4-6-18/h2-14,22H,15-16H2,1H3. The minimum Gasteiger partial charge on any atom is -0.486 e. The molecule has 0 fully saturated rings. The normalized spacial score (nSPS) is 11.8. The number of carbonyl (C=O) groups is 1. The number of hydrogen-bond donors (Lipinski definition) is 0. The summed E-state index contributed by atoms with van der Waals surface area (Å²) < 4.78 is 6.10. The Labute approximate surface area is 159 Å². The van der Waals surface area contributed by atoms with Crippen molar-refractivity contribution in [1.82, 2.24) is 0 Å². The molecule has 0 radical (unpaired) electrons. The maximum Gasteiger partial charge on any atom is 0.193 e. The lowest BCUT2D eigenvalue weighted by Crippen LogP contribution is -2.08. The van der Waals surface area contributed by atoms with Crippen molar-refractivity contribution in [3.8, 4) is 5.75 Å². The van der Waals surface area contributed by atoms with Gasteiger partial charge in [0.1, 0.15) is 11.9 Å². The van der Waals surface area contributed by atoms with E-state index < -0.39 is 0 Å². The molecule has 132 valence electrons. The van der Waals surface area contributed by atoms with E-state index in [4.69, 9.17) is 16.3 Å². The van der Waals surface area contributed by atoms with Crippen LogP contribution >= 0.6 is 11.6 Å². The van der Waals surface area contributed by atoms with Crippen LogP contribution in [0.5, 0.6) is 5.75 Å². The van der Waals surface area contributed by atoms with Gasteiger partial charge in [0, 0.05) is 23.4 Å². The molecule has 0 N–H and O–H groups in total. The molecule has 0 bridgehead atoms. The first-order chi connectivity index (χ1) is 12.7. The van der Waals surface area contributed by atoms with Crippen molar-refractivity contribution in [2.75, 3.05) is 5.88 Å². The number of carbonyl (C=O) groups excluding carboxylic acids is 1. The van der Waals surface area contributed by atoms with Gasteiger partial charge in [0.15, 0.2) is 5.78 Å². The van der Waals surface area contributed by atoms with Crippen LogP contribution in [-0.4, -0.2) is 11.7 Å². The third-order valence-electron chi connectivity index (χ3n) is 4.25. The van der Waals surface area contributed by atoms with Gasteiger partial charge >= 0.3 is 0 Å². The molecule has 0 amide bonds. The molecule has 0 aromatic heterocycles. The van der Waals surface area contributed by atoms with Crippen LogP contribution in [0.4, 0.5) is 0 Å². The summed E-state index contributed by atoms with van der Waals surface area (Å²) in [5.74, 6) is 1.25. The highest BCUT2D eigenvalue weighted by molar-refractivity contribution is 6.17. The molecule has 2 nitrogen and oxygen atoms in total. The Morgan fingerprint density at radius 1 is 0.885 bits per heavy atom. The Morgan fingerprint density at radius 3 is 2.04 bits per heavy atom. The van der Waals surface area contributed by atoms with Gasteiger partial charge in [0.25, 0.3) is 0 Å². The maximum atomic E-state index is 12.6. The Bertz CT molecular complexity index is 840. The molecule has 1 unspecified atom stereocenters. The van der Waals surface area contributed by atoms with E-state index in [0.29, 0.717) is 17.0 Å². The lowest BCUT2D eigenvalue weighted by atomic mass is 10.0. The molecule has 26 heavy (non-hydrogen) atoms. The Balaban J connectivity index is 1.74. The van der Waals surface area contributed by atoms with Crippen molar-refractivity contribution in [3.63, 3.8) is 0 Å². The molecule has 0 aliphatic rings. The van der Waals surface area contributed by atoms with Crippen LogP contribution in [-0.2, 0) is 0 Å². The van der Waals surface area contributed by atoms with Crippen LogP contribution in [0.1, 0.15) is 39.6 Å². The van der Waals surface area contributed by atoms with Crippen LogP contribution in [0, 0.1) is 6.92 Å². The Morgan fingerprint density at radius 2 is 1.46 bits per heavy atom. The summed E-state index contributed by atoms with van der Waals surface area (Å²) in [5.41, 5.74) is 3.56. The third kappa shape index (κ3) is 4.53. The summed E-state index contributed by atoms with van der Waals surface area (Å²) in [5, 5.41) is 0. The Hall–Kier alpha value is -2.58. The zero-order chi connectivity index (χ0) is 18.4. The quantitative estimate of drug-likeness (QED) is 0.381. The van der Waals surface area contributed by atoms with Gasteiger partial charge in [-0.15, -0.1) is 11.6 Å².